The lowest BCUT2D eigenvalue weighted by molar-refractivity contribution is -0.281. The highest BCUT2D eigenvalue weighted by atomic mass is 16.7. The second-order valence-electron chi connectivity index (χ2n) is 4.59. The van der Waals surface area contributed by atoms with Gasteiger partial charge in [0.2, 0.25) is 0 Å². The van der Waals surface area contributed by atoms with Crippen molar-refractivity contribution in [1.82, 2.24) is 0 Å². The van der Waals surface area contributed by atoms with Crippen LogP contribution in [0.4, 0.5) is 0 Å². The maximum absolute atomic E-state index is 11.3. The summed E-state index contributed by atoms with van der Waals surface area (Å²) < 4.78 is 25.8. The zero-order chi connectivity index (χ0) is 16.7. The second kappa shape index (κ2) is 8.66. The predicted molar refractivity (Wildman–Crippen MR) is 69.4 cm³/mol. The summed E-state index contributed by atoms with van der Waals surface area (Å²) >= 11 is 0. The molecule has 9 nitrogen and oxygen atoms in total. The van der Waals surface area contributed by atoms with Gasteiger partial charge in [-0.25, -0.2) is 0 Å². The molecule has 0 aromatic heterocycles. The van der Waals surface area contributed by atoms with Gasteiger partial charge in [0.05, 0.1) is 19.8 Å². The normalized spacial score (nSPS) is 27.8. The largest absolute Gasteiger partial charge is 0.456 e. The fraction of sp³-hybridized carbons (Fsp3) is 0.769. The molecular weight excluding hydrogens is 300 g/mol. The Morgan fingerprint density at radius 3 is 2.05 bits per heavy atom. The maximum atomic E-state index is 11.3. The van der Waals surface area contributed by atoms with E-state index >= 15 is 0 Å². The van der Waals surface area contributed by atoms with Crippen molar-refractivity contribution in [3.8, 4) is 0 Å². The van der Waals surface area contributed by atoms with Crippen LogP contribution in [0.1, 0.15) is 20.8 Å². The summed E-state index contributed by atoms with van der Waals surface area (Å²) in [5.74, 6) is -1.88. The summed E-state index contributed by atoms with van der Waals surface area (Å²) in [6.07, 6.45) is -4.17. The first-order valence-corrected chi connectivity index (χ1v) is 6.71. The molecular formula is C13H20O9. The number of rotatable bonds is 6. The van der Waals surface area contributed by atoms with Crippen LogP contribution in [0, 0.1) is 0 Å². The van der Waals surface area contributed by atoms with Gasteiger partial charge in [0.25, 0.3) is 0 Å². The number of esters is 3. The lowest BCUT2D eigenvalue weighted by atomic mass is 10.0. The van der Waals surface area contributed by atoms with Crippen LogP contribution >= 0.6 is 0 Å². The van der Waals surface area contributed by atoms with E-state index in [0.29, 0.717) is 0 Å². The van der Waals surface area contributed by atoms with Gasteiger partial charge in [0, 0.05) is 20.8 Å². The Labute approximate surface area is 127 Å². The van der Waals surface area contributed by atoms with Gasteiger partial charge in [0.1, 0.15) is 0 Å². The van der Waals surface area contributed by atoms with Gasteiger partial charge >= 0.3 is 17.9 Å². The van der Waals surface area contributed by atoms with E-state index in [1.165, 1.54) is 20.8 Å². The predicted octanol–water partition coefficient (Wildman–Crippen LogP) is -0.853. The minimum Gasteiger partial charge on any atom is -0.456 e. The van der Waals surface area contributed by atoms with Crippen LogP contribution in [0.15, 0.2) is 0 Å². The van der Waals surface area contributed by atoms with E-state index in [9.17, 15) is 14.4 Å². The minimum absolute atomic E-state index is 0.0620. The summed E-state index contributed by atoms with van der Waals surface area (Å²) in [5.41, 5.74) is 0. The first-order valence-electron chi connectivity index (χ1n) is 6.71. The first kappa shape index (κ1) is 18.3. The molecule has 126 valence electrons. The smallest absolute Gasteiger partial charge is 0.303 e. The molecule has 1 N–H and O–H groups in total. The Morgan fingerprint density at radius 1 is 1.00 bits per heavy atom. The number of hydrogen-bond acceptors (Lipinski definition) is 9. The van der Waals surface area contributed by atoms with Crippen molar-refractivity contribution in [3.05, 3.63) is 0 Å². The highest BCUT2D eigenvalue weighted by molar-refractivity contribution is 5.68. The van der Waals surface area contributed by atoms with Crippen molar-refractivity contribution in [1.29, 1.82) is 0 Å². The average Bonchev–Trinajstić information content (AvgIpc) is 2.40. The van der Waals surface area contributed by atoms with Crippen molar-refractivity contribution in [3.63, 3.8) is 0 Å². The van der Waals surface area contributed by atoms with Crippen molar-refractivity contribution in [2.75, 3.05) is 19.8 Å². The van der Waals surface area contributed by atoms with Gasteiger partial charge in [-0.1, -0.05) is 0 Å². The zero-order valence-corrected chi connectivity index (χ0v) is 12.6. The second-order valence-corrected chi connectivity index (χ2v) is 4.59. The Balaban J connectivity index is 2.95. The zero-order valence-electron chi connectivity index (χ0n) is 12.6. The van der Waals surface area contributed by atoms with Crippen molar-refractivity contribution < 1.29 is 43.2 Å². The van der Waals surface area contributed by atoms with Gasteiger partial charge in [-0.15, -0.1) is 0 Å². The van der Waals surface area contributed by atoms with Crippen LogP contribution in [0.2, 0.25) is 0 Å². The van der Waals surface area contributed by atoms with E-state index in [2.05, 4.69) is 0 Å². The van der Waals surface area contributed by atoms with E-state index in [-0.39, 0.29) is 19.8 Å². The molecule has 0 aromatic carbocycles. The lowest BCUT2D eigenvalue weighted by Crippen LogP contribution is -2.58. The van der Waals surface area contributed by atoms with Crippen molar-refractivity contribution in [2.24, 2.45) is 0 Å². The molecule has 22 heavy (non-hydrogen) atoms. The Bertz CT molecular complexity index is 408. The molecule has 1 heterocycles. The van der Waals surface area contributed by atoms with E-state index in [1.54, 1.807) is 0 Å². The number of aliphatic hydroxyl groups is 1. The molecule has 0 amide bonds. The number of hydrogen-bond donors (Lipinski definition) is 1. The third-order valence-electron chi connectivity index (χ3n) is 2.68. The third-order valence-corrected chi connectivity index (χ3v) is 2.68. The van der Waals surface area contributed by atoms with Crippen LogP contribution in [0.25, 0.3) is 0 Å². The minimum atomic E-state index is -1.12. The van der Waals surface area contributed by atoms with Crippen LogP contribution in [0.3, 0.4) is 0 Å². The van der Waals surface area contributed by atoms with Gasteiger partial charge < -0.3 is 28.8 Å². The molecule has 0 aliphatic carbocycles. The standard InChI is InChI=1S/C13H20O9/c1-7(15)20-10-6-19-13(18-5-4-14)12(22-9(3)17)11(10)21-8(2)16/h10-14H,4-6H2,1-3H3. The molecule has 0 saturated carbocycles. The maximum Gasteiger partial charge on any atom is 0.303 e. The van der Waals surface area contributed by atoms with Crippen molar-refractivity contribution in [2.45, 2.75) is 45.4 Å². The van der Waals surface area contributed by atoms with Crippen molar-refractivity contribution >= 4 is 17.9 Å². The molecule has 1 rings (SSSR count). The first-order chi connectivity index (χ1) is 10.3. The molecule has 0 bridgehead atoms. The molecule has 0 radical (unpaired) electrons. The average molecular weight is 320 g/mol. The van der Waals surface area contributed by atoms with Gasteiger partial charge in [0.15, 0.2) is 24.6 Å². The Morgan fingerprint density at radius 2 is 1.55 bits per heavy atom. The van der Waals surface area contributed by atoms with Gasteiger partial charge in [-0.2, -0.15) is 0 Å². The van der Waals surface area contributed by atoms with Crippen LogP contribution in [-0.4, -0.2) is 67.4 Å². The quantitative estimate of drug-likeness (QED) is 0.493. The molecule has 1 fully saturated rings. The Hall–Kier alpha value is -1.71. The number of carbonyl (C=O) groups is 3. The molecule has 4 unspecified atom stereocenters. The van der Waals surface area contributed by atoms with E-state index in [0.717, 1.165) is 0 Å². The molecule has 0 spiro atoms. The van der Waals surface area contributed by atoms with Crippen LogP contribution < -0.4 is 0 Å². The molecule has 1 aliphatic rings. The van der Waals surface area contributed by atoms with E-state index < -0.39 is 42.5 Å². The molecule has 9 heteroatoms. The lowest BCUT2D eigenvalue weighted by Gasteiger charge is -2.40. The number of ether oxygens (including phenoxy) is 5. The fourth-order valence-electron chi connectivity index (χ4n) is 2.02. The van der Waals surface area contributed by atoms with E-state index in [4.69, 9.17) is 28.8 Å². The summed E-state index contributed by atoms with van der Waals surface area (Å²) in [6, 6.07) is 0. The summed E-state index contributed by atoms with van der Waals surface area (Å²) in [4.78, 5) is 33.7. The number of carbonyl (C=O) groups excluding carboxylic acids is 3. The third kappa shape index (κ3) is 5.58. The van der Waals surface area contributed by atoms with Crippen LogP contribution in [0.5, 0.6) is 0 Å². The van der Waals surface area contributed by atoms with E-state index in [1.807, 2.05) is 0 Å². The monoisotopic (exact) mass is 320 g/mol. The SMILES string of the molecule is CC(=O)OC1COC(OCCO)C(OC(C)=O)C1OC(C)=O. The van der Waals surface area contributed by atoms with Gasteiger partial charge in [-0.3, -0.25) is 14.4 Å². The topological polar surface area (TPSA) is 118 Å². The highest BCUT2D eigenvalue weighted by Crippen LogP contribution is 2.25. The Kier molecular flexibility index (Phi) is 7.22. The fourth-order valence-corrected chi connectivity index (χ4v) is 2.02. The van der Waals surface area contributed by atoms with Gasteiger partial charge in [-0.05, 0) is 0 Å². The molecule has 0 aromatic rings. The highest BCUT2D eigenvalue weighted by Gasteiger charge is 2.47. The molecule has 1 aliphatic heterocycles. The summed E-state index contributed by atoms with van der Waals surface area (Å²) in [6.45, 7) is 3.11. The number of aliphatic hydroxyl groups excluding tert-OH is 1. The summed E-state index contributed by atoms with van der Waals surface area (Å²) in [7, 11) is 0. The summed E-state index contributed by atoms with van der Waals surface area (Å²) in [5, 5.41) is 8.80. The molecule has 1 saturated heterocycles. The molecule has 4 atom stereocenters. The van der Waals surface area contributed by atoms with Crippen LogP contribution in [-0.2, 0) is 38.1 Å².